The zero-order chi connectivity index (χ0) is 13.0. The maximum atomic E-state index is 13.6. The summed E-state index contributed by atoms with van der Waals surface area (Å²) >= 11 is 3.47. The fraction of sp³-hybridized carbons (Fsp3) is 0.538. The smallest absolute Gasteiger partial charge is 0.165 e. The van der Waals surface area contributed by atoms with Gasteiger partial charge in [-0.1, -0.05) is 15.9 Å². The van der Waals surface area contributed by atoms with Crippen molar-refractivity contribution < 1.29 is 9.13 Å². The van der Waals surface area contributed by atoms with E-state index in [-0.39, 0.29) is 5.82 Å². The minimum absolute atomic E-state index is 0.295. The molecule has 1 saturated heterocycles. The minimum atomic E-state index is -0.295. The molecule has 0 aliphatic carbocycles. The standard InChI is InChI=1S/C13H18BrFN2O/c1-18-13-10(11(14)2-3-12(13)15)4-7-17-8-5-16-6-9-17/h2-3,16H,4-9H2,1H3. The van der Waals surface area contributed by atoms with Crippen molar-refractivity contribution >= 4 is 15.9 Å². The Hall–Kier alpha value is -0.650. The first-order valence-electron chi connectivity index (χ1n) is 6.16. The molecular formula is C13H18BrFN2O. The maximum absolute atomic E-state index is 13.6. The summed E-state index contributed by atoms with van der Waals surface area (Å²) in [5.74, 6) is 0.0653. The molecule has 2 rings (SSSR count). The summed E-state index contributed by atoms with van der Waals surface area (Å²) < 4.78 is 19.7. The molecule has 1 aromatic carbocycles. The van der Waals surface area contributed by atoms with E-state index in [1.54, 1.807) is 6.07 Å². The summed E-state index contributed by atoms with van der Waals surface area (Å²) in [6.45, 7) is 5.09. The molecule has 0 amide bonds. The van der Waals surface area contributed by atoms with Crippen LogP contribution in [-0.2, 0) is 6.42 Å². The van der Waals surface area contributed by atoms with E-state index in [0.29, 0.717) is 5.75 Å². The normalized spacial score (nSPS) is 16.8. The van der Waals surface area contributed by atoms with Gasteiger partial charge in [0.25, 0.3) is 0 Å². The van der Waals surface area contributed by atoms with E-state index in [9.17, 15) is 4.39 Å². The van der Waals surface area contributed by atoms with E-state index in [0.717, 1.165) is 49.2 Å². The SMILES string of the molecule is COc1c(F)ccc(Br)c1CCN1CCNCC1. The summed E-state index contributed by atoms with van der Waals surface area (Å²) in [6, 6.07) is 3.17. The van der Waals surface area contributed by atoms with Crippen molar-refractivity contribution in [3.05, 3.63) is 28.0 Å². The third-order valence-corrected chi connectivity index (χ3v) is 3.99. The Bertz CT molecular complexity index is 408. The number of methoxy groups -OCH3 is 1. The Morgan fingerprint density at radius 3 is 2.78 bits per heavy atom. The van der Waals surface area contributed by atoms with Crippen molar-refractivity contribution in [3.63, 3.8) is 0 Å². The van der Waals surface area contributed by atoms with Gasteiger partial charge in [0, 0.05) is 42.8 Å². The van der Waals surface area contributed by atoms with E-state index in [1.165, 1.54) is 13.2 Å². The van der Waals surface area contributed by atoms with Crippen molar-refractivity contribution in [2.75, 3.05) is 39.8 Å². The van der Waals surface area contributed by atoms with Crippen molar-refractivity contribution in [1.82, 2.24) is 10.2 Å². The Labute approximate surface area is 115 Å². The highest BCUT2D eigenvalue weighted by atomic mass is 79.9. The predicted molar refractivity (Wildman–Crippen MR) is 73.7 cm³/mol. The molecule has 0 radical (unpaired) electrons. The molecule has 1 fully saturated rings. The van der Waals surface area contributed by atoms with Gasteiger partial charge in [-0.25, -0.2) is 4.39 Å². The van der Waals surface area contributed by atoms with E-state index in [1.807, 2.05) is 0 Å². The van der Waals surface area contributed by atoms with Gasteiger partial charge < -0.3 is 15.0 Å². The molecule has 3 nitrogen and oxygen atoms in total. The lowest BCUT2D eigenvalue weighted by Gasteiger charge is -2.27. The largest absolute Gasteiger partial charge is 0.493 e. The summed E-state index contributed by atoms with van der Waals surface area (Å²) in [5.41, 5.74) is 0.913. The number of nitrogens with one attached hydrogen (secondary N) is 1. The molecule has 0 bridgehead atoms. The summed E-state index contributed by atoms with van der Waals surface area (Å²) in [5, 5.41) is 3.32. The molecule has 0 aromatic heterocycles. The quantitative estimate of drug-likeness (QED) is 0.920. The van der Waals surface area contributed by atoms with E-state index < -0.39 is 0 Å². The second-order valence-corrected chi connectivity index (χ2v) is 5.24. The topological polar surface area (TPSA) is 24.5 Å². The van der Waals surface area contributed by atoms with Gasteiger partial charge in [0.15, 0.2) is 11.6 Å². The zero-order valence-electron chi connectivity index (χ0n) is 10.5. The Kier molecular flexibility index (Phi) is 4.97. The van der Waals surface area contributed by atoms with Crippen LogP contribution in [0.15, 0.2) is 16.6 Å². The average molecular weight is 317 g/mol. The van der Waals surface area contributed by atoms with Gasteiger partial charge in [-0.05, 0) is 18.6 Å². The number of nitrogens with zero attached hydrogens (tertiary/aromatic N) is 1. The molecule has 100 valence electrons. The van der Waals surface area contributed by atoms with Gasteiger partial charge in [-0.3, -0.25) is 0 Å². The number of ether oxygens (including phenoxy) is 1. The van der Waals surface area contributed by atoms with Crippen LogP contribution in [0.3, 0.4) is 0 Å². The first-order chi connectivity index (χ1) is 8.72. The van der Waals surface area contributed by atoms with Crippen LogP contribution in [0.2, 0.25) is 0 Å². The molecule has 1 heterocycles. The first-order valence-corrected chi connectivity index (χ1v) is 6.95. The highest BCUT2D eigenvalue weighted by Crippen LogP contribution is 2.30. The van der Waals surface area contributed by atoms with Crippen molar-refractivity contribution in [3.8, 4) is 5.75 Å². The Morgan fingerprint density at radius 2 is 2.11 bits per heavy atom. The van der Waals surface area contributed by atoms with Gasteiger partial charge in [-0.15, -0.1) is 0 Å². The summed E-state index contributed by atoms with van der Waals surface area (Å²) in [7, 11) is 1.51. The molecule has 5 heteroatoms. The molecule has 0 spiro atoms. The second-order valence-electron chi connectivity index (χ2n) is 4.38. The van der Waals surface area contributed by atoms with Gasteiger partial charge in [-0.2, -0.15) is 0 Å². The summed E-state index contributed by atoms with van der Waals surface area (Å²) in [6.07, 6.45) is 0.793. The fourth-order valence-corrected chi connectivity index (χ4v) is 2.74. The van der Waals surface area contributed by atoms with E-state index >= 15 is 0 Å². The predicted octanol–water partition coefficient (Wildman–Crippen LogP) is 2.04. The molecule has 1 aliphatic heterocycles. The Morgan fingerprint density at radius 1 is 1.39 bits per heavy atom. The van der Waals surface area contributed by atoms with Gasteiger partial charge in [0.1, 0.15) is 0 Å². The third kappa shape index (κ3) is 3.22. The molecule has 0 atom stereocenters. The lowest BCUT2D eigenvalue weighted by atomic mass is 10.1. The van der Waals surface area contributed by atoms with Crippen LogP contribution in [0.25, 0.3) is 0 Å². The average Bonchev–Trinajstić information content (AvgIpc) is 2.41. The third-order valence-electron chi connectivity index (χ3n) is 3.25. The van der Waals surface area contributed by atoms with Crippen molar-refractivity contribution in [2.45, 2.75) is 6.42 Å². The lowest BCUT2D eigenvalue weighted by molar-refractivity contribution is 0.242. The first kappa shape index (κ1) is 13.8. The van der Waals surface area contributed by atoms with Crippen LogP contribution in [0.5, 0.6) is 5.75 Å². The van der Waals surface area contributed by atoms with E-state index in [2.05, 4.69) is 26.1 Å². The minimum Gasteiger partial charge on any atom is -0.493 e. The fourth-order valence-electron chi connectivity index (χ4n) is 2.23. The van der Waals surface area contributed by atoms with E-state index in [4.69, 9.17) is 4.74 Å². The summed E-state index contributed by atoms with van der Waals surface area (Å²) in [4.78, 5) is 2.38. The number of halogens is 2. The monoisotopic (exact) mass is 316 g/mol. The van der Waals surface area contributed by atoms with Gasteiger partial charge >= 0.3 is 0 Å². The molecule has 0 saturated carbocycles. The van der Waals surface area contributed by atoms with Gasteiger partial charge in [0.05, 0.1) is 7.11 Å². The van der Waals surface area contributed by atoms with Crippen LogP contribution >= 0.6 is 15.9 Å². The maximum Gasteiger partial charge on any atom is 0.165 e. The number of rotatable bonds is 4. The number of piperazine rings is 1. The Balaban J connectivity index is 2.05. The number of hydrogen-bond donors (Lipinski definition) is 1. The molecule has 1 N–H and O–H groups in total. The molecule has 1 aromatic rings. The molecule has 1 aliphatic rings. The van der Waals surface area contributed by atoms with Crippen LogP contribution in [0, 0.1) is 5.82 Å². The highest BCUT2D eigenvalue weighted by Gasteiger charge is 2.15. The van der Waals surface area contributed by atoms with Crippen LogP contribution < -0.4 is 10.1 Å². The molecule has 0 unspecified atom stereocenters. The van der Waals surface area contributed by atoms with Gasteiger partial charge in [0.2, 0.25) is 0 Å². The highest BCUT2D eigenvalue weighted by molar-refractivity contribution is 9.10. The molecule has 18 heavy (non-hydrogen) atoms. The molecular weight excluding hydrogens is 299 g/mol. The van der Waals surface area contributed by atoms with Crippen LogP contribution in [-0.4, -0.2) is 44.7 Å². The zero-order valence-corrected chi connectivity index (χ0v) is 12.1. The second kappa shape index (κ2) is 6.50. The lowest BCUT2D eigenvalue weighted by Crippen LogP contribution is -2.44. The van der Waals surface area contributed by atoms with Crippen molar-refractivity contribution in [2.24, 2.45) is 0 Å². The number of benzene rings is 1. The van der Waals surface area contributed by atoms with Crippen molar-refractivity contribution in [1.29, 1.82) is 0 Å². The van der Waals surface area contributed by atoms with Crippen LogP contribution in [0.4, 0.5) is 4.39 Å². The number of hydrogen-bond acceptors (Lipinski definition) is 3. The van der Waals surface area contributed by atoms with Crippen LogP contribution in [0.1, 0.15) is 5.56 Å².